The first-order valence-corrected chi connectivity index (χ1v) is 8.87. The van der Waals surface area contributed by atoms with Crippen molar-refractivity contribution in [3.05, 3.63) is 39.9 Å². The second-order valence-electron chi connectivity index (χ2n) is 5.76. The molecule has 0 saturated heterocycles. The lowest BCUT2D eigenvalue weighted by molar-refractivity contribution is -0.137. The van der Waals surface area contributed by atoms with Crippen LogP contribution in [0.15, 0.2) is 23.6 Å². The number of hydrogen-bond acceptors (Lipinski definition) is 5. The molecule has 0 bridgehead atoms. The molecule has 0 aliphatic carbocycles. The quantitative estimate of drug-likeness (QED) is 0.748. The van der Waals surface area contributed by atoms with Crippen LogP contribution in [0.2, 0.25) is 5.02 Å². The Balaban J connectivity index is 1.88. The van der Waals surface area contributed by atoms with Crippen LogP contribution < -0.4 is 10.6 Å². The number of nitrogens with one attached hydrogen (secondary N) is 2. The minimum atomic E-state index is -4.62. The Morgan fingerprint density at radius 1 is 1.22 bits per heavy atom. The van der Waals surface area contributed by atoms with E-state index in [-0.39, 0.29) is 24.7 Å². The number of amides is 2. The number of likely N-dealkylation sites (N-methyl/N-ethyl adjacent to an activating group) is 1. The molecule has 0 fully saturated rings. The first-order chi connectivity index (χ1) is 12.5. The van der Waals surface area contributed by atoms with Gasteiger partial charge < -0.3 is 10.6 Å². The molecule has 0 aliphatic rings. The number of aromatic nitrogens is 1. The number of alkyl halides is 3. The fourth-order valence-corrected chi connectivity index (χ4v) is 3.07. The predicted molar refractivity (Wildman–Crippen MR) is 98.1 cm³/mol. The third-order valence-electron chi connectivity index (χ3n) is 3.25. The number of aryl methyl sites for hydroxylation is 1. The molecule has 0 aliphatic heterocycles. The molecule has 0 unspecified atom stereocenters. The molecule has 146 valence electrons. The lowest BCUT2D eigenvalue weighted by atomic mass is 10.2. The highest BCUT2D eigenvalue weighted by atomic mass is 35.5. The zero-order valence-corrected chi connectivity index (χ0v) is 15.9. The molecular formula is C16H16ClF3N4O2S. The van der Waals surface area contributed by atoms with Gasteiger partial charge in [-0.3, -0.25) is 14.5 Å². The van der Waals surface area contributed by atoms with Crippen molar-refractivity contribution in [1.29, 1.82) is 0 Å². The maximum atomic E-state index is 12.8. The van der Waals surface area contributed by atoms with Gasteiger partial charge in [0.25, 0.3) is 0 Å². The summed E-state index contributed by atoms with van der Waals surface area (Å²) in [4.78, 5) is 29.4. The molecule has 0 radical (unpaired) electrons. The van der Waals surface area contributed by atoms with Gasteiger partial charge in [0.2, 0.25) is 11.8 Å². The van der Waals surface area contributed by atoms with E-state index in [9.17, 15) is 22.8 Å². The minimum absolute atomic E-state index is 0.0344. The Labute approximate surface area is 162 Å². The molecule has 0 saturated carbocycles. The van der Waals surface area contributed by atoms with E-state index < -0.39 is 22.7 Å². The third kappa shape index (κ3) is 6.49. The summed E-state index contributed by atoms with van der Waals surface area (Å²) >= 11 is 6.82. The molecule has 2 aromatic rings. The summed E-state index contributed by atoms with van der Waals surface area (Å²) in [5.41, 5.74) is -0.287. The number of rotatable bonds is 6. The fourth-order valence-electron chi connectivity index (χ4n) is 2.14. The van der Waals surface area contributed by atoms with E-state index in [4.69, 9.17) is 11.6 Å². The van der Waals surface area contributed by atoms with Crippen LogP contribution >= 0.6 is 22.9 Å². The molecule has 27 heavy (non-hydrogen) atoms. The van der Waals surface area contributed by atoms with E-state index in [0.29, 0.717) is 5.13 Å². The summed E-state index contributed by atoms with van der Waals surface area (Å²) in [5.74, 6) is -0.920. The Bertz CT molecular complexity index is 841. The first-order valence-electron chi connectivity index (χ1n) is 7.61. The first kappa shape index (κ1) is 21.1. The highest BCUT2D eigenvalue weighted by molar-refractivity contribution is 7.13. The largest absolute Gasteiger partial charge is 0.417 e. The molecule has 1 aromatic carbocycles. The molecule has 1 aromatic heterocycles. The molecule has 0 spiro atoms. The van der Waals surface area contributed by atoms with E-state index in [2.05, 4.69) is 15.6 Å². The Morgan fingerprint density at radius 3 is 2.41 bits per heavy atom. The molecule has 2 N–H and O–H groups in total. The Kier molecular flexibility index (Phi) is 6.79. The van der Waals surface area contributed by atoms with Gasteiger partial charge in [0.1, 0.15) is 0 Å². The highest BCUT2D eigenvalue weighted by Gasteiger charge is 2.33. The zero-order valence-electron chi connectivity index (χ0n) is 14.4. The van der Waals surface area contributed by atoms with Crippen molar-refractivity contribution in [3.63, 3.8) is 0 Å². The molecule has 2 amide bonds. The highest BCUT2D eigenvalue weighted by Crippen LogP contribution is 2.36. The van der Waals surface area contributed by atoms with Gasteiger partial charge in [-0.1, -0.05) is 11.6 Å². The average Bonchev–Trinajstić information content (AvgIpc) is 2.92. The van der Waals surface area contributed by atoms with Crippen LogP contribution in [0.1, 0.15) is 11.3 Å². The molecule has 11 heteroatoms. The van der Waals surface area contributed by atoms with Crippen LogP contribution in [0.5, 0.6) is 0 Å². The van der Waals surface area contributed by atoms with Crippen LogP contribution in [0.4, 0.5) is 24.0 Å². The summed E-state index contributed by atoms with van der Waals surface area (Å²) in [6.07, 6.45) is -4.62. The SMILES string of the molecule is Cc1csc(NC(=O)CN(C)CC(=O)Nc2ccc(Cl)c(C(F)(F)F)c2)n1. The van der Waals surface area contributed by atoms with Crippen LogP contribution in [-0.2, 0) is 15.8 Å². The molecular weight excluding hydrogens is 405 g/mol. The summed E-state index contributed by atoms with van der Waals surface area (Å²) in [7, 11) is 1.54. The summed E-state index contributed by atoms with van der Waals surface area (Å²) in [6.45, 7) is 1.53. The van der Waals surface area contributed by atoms with E-state index in [1.165, 1.54) is 29.4 Å². The number of benzene rings is 1. The third-order valence-corrected chi connectivity index (χ3v) is 4.45. The molecule has 6 nitrogen and oxygen atoms in total. The average molecular weight is 421 g/mol. The lowest BCUT2D eigenvalue weighted by Gasteiger charge is -2.16. The standard InChI is InChI=1S/C16H16ClF3N4O2S/c1-9-8-27-15(21-9)23-14(26)7-24(2)6-13(25)22-10-3-4-12(17)11(5-10)16(18,19)20/h3-5,8H,6-7H2,1-2H3,(H,22,25)(H,21,23,26). The summed E-state index contributed by atoms with van der Waals surface area (Å²) in [5, 5.41) is 6.75. The van der Waals surface area contributed by atoms with Gasteiger partial charge in [0, 0.05) is 11.1 Å². The van der Waals surface area contributed by atoms with Crippen LogP contribution in [0, 0.1) is 6.92 Å². The van der Waals surface area contributed by atoms with Gasteiger partial charge in [0.15, 0.2) is 5.13 Å². The monoisotopic (exact) mass is 420 g/mol. The van der Waals surface area contributed by atoms with Crippen molar-refractivity contribution < 1.29 is 22.8 Å². The smallest absolute Gasteiger partial charge is 0.325 e. The Hall–Kier alpha value is -2.17. The summed E-state index contributed by atoms with van der Waals surface area (Å²) < 4.78 is 38.5. The van der Waals surface area contributed by atoms with E-state index in [1.54, 1.807) is 12.3 Å². The predicted octanol–water partition coefficient (Wildman–Crippen LogP) is 3.63. The topological polar surface area (TPSA) is 74.3 Å². The van der Waals surface area contributed by atoms with Crippen LogP contribution in [-0.4, -0.2) is 41.8 Å². The van der Waals surface area contributed by atoms with Crippen molar-refractivity contribution >= 4 is 45.6 Å². The van der Waals surface area contributed by atoms with E-state index in [0.717, 1.165) is 17.8 Å². The number of carbonyl (C=O) groups excluding carboxylic acids is 2. The van der Waals surface area contributed by atoms with Gasteiger partial charge >= 0.3 is 6.18 Å². The number of anilines is 2. The number of carbonyl (C=O) groups is 2. The lowest BCUT2D eigenvalue weighted by Crippen LogP contribution is -2.36. The molecule has 1 heterocycles. The normalized spacial score (nSPS) is 11.5. The number of hydrogen-bond donors (Lipinski definition) is 2. The maximum Gasteiger partial charge on any atom is 0.417 e. The van der Waals surface area contributed by atoms with E-state index >= 15 is 0 Å². The van der Waals surface area contributed by atoms with E-state index in [1.807, 2.05) is 0 Å². The van der Waals surface area contributed by atoms with Crippen LogP contribution in [0.3, 0.4) is 0 Å². The maximum absolute atomic E-state index is 12.8. The van der Waals surface area contributed by atoms with Gasteiger partial charge in [-0.05, 0) is 32.2 Å². The summed E-state index contributed by atoms with van der Waals surface area (Å²) in [6, 6.07) is 3.10. The second kappa shape index (κ2) is 8.68. The van der Waals surface area contributed by atoms with Crippen molar-refractivity contribution in [2.45, 2.75) is 13.1 Å². The molecule has 0 atom stereocenters. The minimum Gasteiger partial charge on any atom is -0.325 e. The number of halogens is 4. The van der Waals surface area contributed by atoms with Crippen LogP contribution in [0.25, 0.3) is 0 Å². The fraction of sp³-hybridized carbons (Fsp3) is 0.312. The Morgan fingerprint density at radius 2 is 1.85 bits per heavy atom. The van der Waals surface area contributed by atoms with Crippen molar-refractivity contribution in [3.8, 4) is 0 Å². The van der Waals surface area contributed by atoms with Gasteiger partial charge in [-0.15, -0.1) is 11.3 Å². The van der Waals surface area contributed by atoms with Gasteiger partial charge in [-0.2, -0.15) is 13.2 Å². The van der Waals surface area contributed by atoms with Crippen molar-refractivity contribution in [1.82, 2.24) is 9.88 Å². The number of nitrogens with zero attached hydrogens (tertiary/aromatic N) is 2. The zero-order chi connectivity index (χ0) is 20.2. The van der Waals surface area contributed by atoms with Crippen molar-refractivity contribution in [2.24, 2.45) is 0 Å². The van der Waals surface area contributed by atoms with Gasteiger partial charge in [0.05, 0.1) is 29.4 Å². The van der Waals surface area contributed by atoms with Gasteiger partial charge in [-0.25, -0.2) is 4.98 Å². The second-order valence-corrected chi connectivity index (χ2v) is 7.02. The molecule has 2 rings (SSSR count). The number of thiazole rings is 1. The van der Waals surface area contributed by atoms with Crippen molar-refractivity contribution in [2.75, 3.05) is 30.8 Å².